The molecular weight excluding hydrogens is 258 g/mol. The summed E-state index contributed by atoms with van der Waals surface area (Å²) in [5.41, 5.74) is 0. The fourth-order valence-corrected chi connectivity index (χ4v) is 2.53. The van der Waals surface area contributed by atoms with Gasteiger partial charge in [-0.25, -0.2) is 9.37 Å². The molecule has 1 atom stereocenters. The van der Waals surface area contributed by atoms with Gasteiger partial charge < -0.3 is 0 Å². The summed E-state index contributed by atoms with van der Waals surface area (Å²) in [6.07, 6.45) is 1.67. The van der Waals surface area contributed by atoms with Crippen LogP contribution in [0.2, 0.25) is 0 Å². The van der Waals surface area contributed by atoms with Crippen LogP contribution in [0.25, 0.3) is 0 Å². The van der Waals surface area contributed by atoms with E-state index in [0.29, 0.717) is 5.84 Å². The van der Waals surface area contributed by atoms with Gasteiger partial charge in [0, 0.05) is 20.6 Å². The lowest BCUT2D eigenvalue weighted by atomic mass is 10.1. The van der Waals surface area contributed by atoms with Crippen LogP contribution >= 0.6 is 0 Å². The maximum atomic E-state index is 12.3. The molecule has 1 unspecified atom stereocenters. The number of hydrogen-bond acceptors (Lipinski definition) is 4. The highest BCUT2D eigenvalue weighted by molar-refractivity contribution is 6.21. The third-order valence-corrected chi connectivity index (χ3v) is 3.97. The van der Waals surface area contributed by atoms with E-state index in [9.17, 15) is 9.59 Å². The summed E-state index contributed by atoms with van der Waals surface area (Å²) in [6, 6.07) is -0.790. The second-order valence-electron chi connectivity index (χ2n) is 5.01. The number of amidine groups is 1. The molecule has 1 saturated heterocycles. The largest absolute Gasteiger partial charge is 0.333 e. The maximum Gasteiger partial charge on any atom is 0.333 e. The van der Waals surface area contributed by atoms with Crippen LogP contribution in [0.5, 0.6) is 0 Å². The minimum Gasteiger partial charge on any atom is -0.300 e. The lowest BCUT2D eigenvalue weighted by Gasteiger charge is -2.31. The second kappa shape index (κ2) is 5.70. The van der Waals surface area contributed by atoms with Crippen LogP contribution in [-0.4, -0.2) is 89.7 Å². The Morgan fingerprint density at radius 2 is 1.90 bits per heavy atom. The number of urea groups is 1. The Labute approximate surface area is 119 Å². The molecule has 110 valence electrons. The Morgan fingerprint density at radius 3 is 2.50 bits per heavy atom. The van der Waals surface area contributed by atoms with E-state index in [4.69, 9.17) is 0 Å². The van der Waals surface area contributed by atoms with Crippen molar-refractivity contribution >= 4 is 24.1 Å². The number of carbonyl (C=O) groups is 2. The van der Waals surface area contributed by atoms with Crippen molar-refractivity contribution in [2.75, 3.05) is 40.3 Å². The molecule has 1 fully saturated rings. The van der Waals surface area contributed by atoms with Gasteiger partial charge in [-0.05, 0) is 18.1 Å². The molecule has 0 radical (unpaired) electrons. The van der Waals surface area contributed by atoms with Crippen molar-refractivity contribution in [2.24, 2.45) is 4.99 Å². The molecule has 7 heteroatoms. The molecule has 0 aromatic heterocycles. The van der Waals surface area contributed by atoms with Crippen LogP contribution in [0.4, 0.5) is 4.79 Å². The van der Waals surface area contributed by atoms with Crippen molar-refractivity contribution in [2.45, 2.75) is 19.9 Å². The molecule has 2 aliphatic rings. The van der Waals surface area contributed by atoms with Gasteiger partial charge in [0.05, 0.1) is 6.54 Å². The van der Waals surface area contributed by atoms with Gasteiger partial charge in [-0.1, -0.05) is 13.8 Å². The van der Waals surface area contributed by atoms with E-state index in [2.05, 4.69) is 23.7 Å². The van der Waals surface area contributed by atoms with Gasteiger partial charge in [-0.3, -0.25) is 19.5 Å². The number of rotatable bonds is 5. The summed E-state index contributed by atoms with van der Waals surface area (Å²) in [5, 5.41) is 0. The molecule has 0 aliphatic carbocycles. The average Bonchev–Trinajstić information content (AvgIpc) is 2.88. The summed E-state index contributed by atoms with van der Waals surface area (Å²) in [5.74, 6) is 0.317. The van der Waals surface area contributed by atoms with Crippen molar-refractivity contribution in [1.29, 1.82) is 0 Å². The summed E-state index contributed by atoms with van der Waals surface area (Å²) < 4.78 is 1.91. The SMILES string of the molecule is CCN(CC)CC[N+]1=CN=C2C1C(=O)N(C)C(=O)N2C. The predicted octanol–water partition coefficient (Wildman–Crippen LogP) is -0.326. The summed E-state index contributed by atoms with van der Waals surface area (Å²) >= 11 is 0. The molecule has 7 nitrogen and oxygen atoms in total. The zero-order chi connectivity index (χ0) is 14.9. The molecule has 0 aromatic carbocycles. The van der Waals surface area contributed by atoms with Crippen molar-refractivity contribution in [3.8, 4) is 0 Å². The molecule has 0 aromatic rings. The first-order valence-corrected chi connectivity index (χ1v) is 6.95. The fraction of sp³-hybridized carbons (Fsp3) is 0.692. The molecule has 0 saturated carbocycles. The summed E-state index contributed by atoms with van der Waals surface area (Å²) in [7, 11) is 3.16. The number of carbonyl (C=O) groups excluding carboxylic acids is 2. The van der Waals surface area contributed by atoms with Gasteiger partial charge in [0.25, 0.3) is 24.1 Å². The molecular formula is C13H22N5O2+. The van der Waals surface area contributed by atoms with Crippen molar-refractivity contribution in [3.63, 3.8) is 0 Å². The van der Waals surface area contributed by atoms with E-state index in [1.54, 1.807) is 13.4 Å². The highest BCUT2D eigenvalue weighted by Crippen LogP contribution is 2.16. The van der Waals surface area contributed by atoms with Crippen LogP contribution in [0, 0.1) is 0 Å². The van der Waals surface area contributed by atoms with Crippen molar-refractivity contribution < 1.29 is 14.2 Å². The van der Waals surface area contributed by atoms with Gasteiger partial charge in [0.15, 0.2) is 0 Å². The number of likely N-dealkylation sites (N-methyl/N-ethyl adjacent to an activating group) is 3. The van der Waals surface area contributed by atoms with Crippen LogP contribution < -0.4 is 0 Å². The Kier molecular flexibility index (Phi) is 4.17. The van der Waals surface area contributed by atoms with Gasteiger partial charge in [0.1, 0.15) is 0 Å². The Hall–Kier alpha value is -1.76. The van der Waals surface area contributed by atoms with Gasteiger partial charge >= 0.3 is 6.03 Å². The molecule has 2 heterocycles. The first-order chi connectivity index (χ1) is 9.51. The molecule has 2 rings (SSSR count). The number of nitrogens with zero attached hydrogens (tertiary/aromatic N) is 5. The normalized spacial score (nSPS) is 22.4. The third-order valence-electron chi connectivity index (χ3n) is 3.97. The lowest BCUT2D eigenvalue weighted by Crippen LogP contribution is -2.61. The van der Waals surface area contributed by atoms with E-state index >= 15 is 0 Å². The standard InChI is InChI=1S/C13H22N5O2/c1-5-17(6-2)7-8-18-9-14-11-10(18)12(19)16(4)13(20)15(11)3/h9-10H,5-8H2,1-4H3/q+1. The van der Waals surface area contributed by atoms with Gasteiger partial charge in [-0.15, -0.1) is 0 Å². The number of aliphatic imine (C=N–C) groups is 1. The number of amides is 3. The van der Waals surface area contributed by atoms with Crippen LogP contribution in [0.3, 0.4) is 0 Å². The highest BCUT2D eigenvalue weighted by Gasteiger charge is 2.50. The van der Waals surface area contributed by atoms with Crippen molar-refractivity contribution in [3.05, 3.63) is 0 Å². The summed E-state index contributed by atoms with van der Waals surface area (Å²) in [6.45, 7) is 7.79. The zero-order valence-electron chi connectivity index (χ0n) is 12.5. The van der Waals surface area contributed by atoms with Crippen LogP contribution in [0.15, 0.2) is 4.99 Å². The van der Waals surface area contributed by atoms with E-state index in [-0.39, 0.29) is 11.9 Å². The molecule has 0 bridgehead atoms. The van der Waals surface area contributed by atoms with E-state index in [0.717, 1.165) is 31.1 Å². The Morgan fingerprint density at radius 1 is 1.25 bits per heavy atom. The highest BCUT2D eigenvalue weighted by atomic mass is 16.2. The first kappa shape index (κ1) is 14.6. The Bertz CT molecular complexity index is 481. The van der Waals surface area contributed by atoms with Crippen molar-refractivity contribution in [1.82, 2.24) is 14.7 Å². The van der Waals surface area contributed by atoms with E-state index in [1.165, 1.54) is 11.9 Å². The molecule has 2 aliphatic heterocycles. The molecule has 20 heavy (non-hydrogen) atoms. The lowest BCUT2D eigenvalue weighted by molar-refractivity contribution is -0.531. The van der Waals surface area contributed by atoms with Gasteiger partial charge in [-0.2, -0.15) is 0 Å². The average molecular weight is 280 g/mol. The molecule has 0 spiro atoms. The number of fused-ring (bicyclic) bond motifs is 1. The van der Waals surface area contributed by atoms with E-state index < -0.39 is 6.04 Å². The van der Waals surface area contributed by atoms with Crippen LogP contribution in [-0.2, 0) is 4.79 Å². The topological polar surface area (TPSA) is 59.2 Å². The monoisotopic (exact) mass is 280 g/mol. The van der Waals surface area contributed by atoms with E-state index in [1.807, 2.05) is 4.58 Å². The first-order valence-electron chi connectivity index (χ1n) is 6.95. The summed E-state index contributed by atoms with van der Waals surface area (Å²) in [4.78, 5) is 33.3. The van der Waals surface area contributed by atoms with Gasteiger partial charge in [0.2, 0.25) is 0 Å². The minimum absolute atomic E-state index is 0.208. The number of imide groups is 1. The molecule has 0 N–H and O–H groups in total. The number of hydrogen-bond donors (Lipinski definition) is 0. The minimum atomic E-state index is -0.460. The molecule has 3 amide bonds. The maximum absolute atomic E-state index is 12.3. The second-order valence-corrected chi connectivity index (χ2v) is 5.01. The predicted molar refractivity (Wildman–Crippen MR) is 76.1 cm³/mol. The zero-order valence-corrected chi connectivity index (χ0v) is 12.5. The quantitative estimate of drug-likeness (QED) is 0.648. The van der Waals surface area contributed by atoms with Crippen LogP contribution in [0.1, 0.15) is 13.8 Å². The fourth-order valence-electron chi connectivity index (χ4n) is 2.53. The third kappa shape index (κ3) is 2.33. The smallest absolute Gasteiger partial charge is 0.300 e. The Balaban J connectivity index is 2.09.